The molecule has 0 saturated heterocycles. The van der Waals surface area contributed by atoms with E-state index in [1.807, 2.05) is 0 Å². The van der Waals surface area contributed by atoms with Crippen molar-refractivity contribution in [1.82, 2.24) is 0 Å². The smallest absolute Gasteiger partial charge is 0.337 e. The molecule has 0 aliphatic heterocycles. The Labute approximate surface area is 129 Å². The average molecular weight is 302 g/mol. The second kappa shape index (κ2) is 7.47. The first-order chi connectivity index (χ1) is 10.7. The highest BCUT2D eigenvalue weighted by atomic mass is 16.5. The van der Waals surface area contributed by atoms with Gasteiger partial charge in [-0.15, -0.1) is 0 Å². The number of hydrogen-bond donors (Lipinski definition) is 1. The molecule has 116 valence electrons. The maximum atomic E-state index is 11.4. The fourth-order valence-corrected chi connectivity index (χ4v) is 1.95. The monoisotopic (exact) mass is 302 g/mol. The minimum absolute atomic E-state index is 0.0500. The van der Waals surface area contributed by atoms with Crippen LogP contribution in [0.5, 0.6) is 11.5 Å². The van der Waals surface area contributed by atoms with E-state index >= 15 is 0 Å². The minimum Gasteiger partial charge on any atom is -0.493 e. The topological polar surface area (TPSA) is 65.0 Å². The van der Waals surface area contributed by atoms with Gasteiger partial charge in [-0.1, -0.05) is 18.2 Å². The Morgan fingerprint density at radius 1 is 1.00 bits per heavy atom. The van der Waals surface area contributed by atoms with Crippen molar-refractivity contribution in [3.05, 3.63) is 59.2 Å². The van der Waals surface area contributed by atoms with Gasteiger partial charge in [-0.05, 0) is 35.4 Å². The second-order valence-corrected chi connectivity index (χ2v) is 4.62. The van der Waals surface area contributed by atoms with E-state index in [1.54, 1.807) is 49.6 Å². The van der Waals surface area contributed by atoms with Gasteiger partial charge in [-0.3, -0.25) is 0 Å². The summed E-state index contributed by atoms with van der Waals surface area (Å²) >= 11 is 0. The van der Waals surface area contributed by atoms with Crippen molar-refractivity contribution in [2.24, 2.45) is 0 Å². The number of aliphatic hydroxyl groups excluding tert-OH is 1. The summed E-state index contributed by atoms with van der Waals surface area (Å²) in [7, 11) is 2.90. The lowest BCUT2D eigenvalue weighted by molar-refractivity contribution is 0.0600. The van der Waals surface area contributed by atoms with Crippen LogP contribution in [-0.2, 0) is 18.0 Å². The summed E-state index contributed by atoms with van der Waals surface area (Å²) < 4.78 is 15.6. The fraction of sp³-hybridized carbons (Fsp3) is 0.235. The van der Waals surface area contributed by atoms with Crippen molar-refractivity contribution in [2.45, 2.75) is 13.2 Å². The van der Waals surface area contributed by atoms with Crippen LogP contribution in [0.2, 0.25) is 0 Å². The molecule has 0 saturated carbocycles. The molecule has 22 heavy (non-hydrogen) atoms. The zero-order valence-corrected chi connectivity index (χ0v) is 12.5. The molecule has 0 unspecified atom stereocenters. The maximum absolute atomic E-state index is 11.4. The van der Waals surface area contributed by atoms with E-state index in [-0.39, 0.29) is 12.6 Å². The molecule has 1 N–H and O–H groups in total. The van der Waals surface area contributed by atoms with E-state index in [4.69, 9.17) is 14.6 Å². The van der Waals surface area contributed by atoms with Crippen molar-refractivity contribution in [3.8, 4) is 11.5 Å². The number of methoxy groups -OCH3 is 2. The summed E-state index contributed by atoms with van der Waals surface area (Å²) in [6, 6.07) is 12.3. The number of carbonyl (C=O) groups is 1. The van der Waals surface area contributed by atoms with Gasteiger partial charge < -0.3 is 19.3 Å². The van der Waals surface area contributed by atoms with Crippen molar-refractivity contribution in [2.75, 3.05) is 14.2 Å². The number of carbonyl (C=O) groups excluding carboxylic acids is 1. The molecule has 0 radical (unpaired) electrons. The van der Waals surface area contributed by atoms with Gasteiger partial charge in [-0.25, -0.2) is 4.79 Å². The molecule has 0 bridgehead atoms. The lowest BCUT2D eigenvalue weighted by Crippen LogP contribution is -2.02. The molecular formula is C17H18O5. The summed E-state index contributed by atoms with van der Waals surface area (Å²) in [4.78, 5) is 11.4. The number of hydrogen-bond acceptors (Lipinski definition) is 5. The van der Waals surface area contributed by atoms with Gasteiger partial charge in [0.05, 0.1) is 26.4 Å². The van der Waals surface area contributed by atoms with Crippen LogP contribution in [0.3, 0.4) is 0 Å². The van der Waals surface area contributed by atoms with Gasteiger partial charge in [0, 0.05) is 0 Å². The Morgan fingerprint density at radius 3 is 2.27 bits per heavy atom. The number of ether oxygens (including phenoxy) is 3. The van der Waals surface area contributed by atoms with Gasteiger partial charge in [0.2, 0.25) is 0 Å². The highest BCUT2D eigenvalue weighted by Gasteiger charge is 2.07. The van der Waals surface area contributed by atoms with E-state index in [0.717, 1.165) is 11.1 Å². The molecular weight excluding hydrogens is 284 g/mol. The predicted molar refractivity (Wildman–Crippen MR) is 81.0 cm³/mol. The molecule has 0 aliphatic rings. The second-order valence-electron chi connectivity index (χ2n) is 4.62. The van der Waals surface area contributed by atoms with Crippen LogP contribution in [-0.4, -0.2) is 25.3 Å². The number of aliphatic hydroxyl groups is 1. The zero-order valence-electron chi connectivity index (χ0n) is 12.5. The Hall–Kier alpha value is -2.53. The van der Waals surface area contributed by atoms with Crippen LogP contribution in [0.25, 0.3) is 0 Å². The van der Waals surface area contributed by atoms with Crippen LogP contribution < -0.4 is 9.47 Å². The van der Waals surface area contributed by atoms with Gasteiger partial charge >= 0.3 is 5.97 Å². The summed E-state index contributed by atoms with van der Waals surface area (Å²) in [6.07, 6.45) is 0. The first-order valence-corrected chi connectivity index (χ1v) is 6.75. The molecule has 2 aromatic carbocycles. The number of rotatable bonds is 6. The summed E-state index contributed by atoms with van der Waals surface area (Å²) in [6.45, 7) is 0.294. The molecule has 2 aromatic rings. The predicted octanol–water partition coefficient (Wildman–Crippen LogP) is 2.55. The Kier molecular flexibility index (Phi) is 5.38. The molecule has 0 atom stereocenters. The van der Waals surface area contributed by atoms with Crippen LogP contribution >= 0.6 is 0 Å². The summed E-state index contributed by atoms with van der Waals surface area (Å²) in [5.74, 6) is 0.795. The third-order valence-electron chi connectivity index (χ3n) is 3.18. The van der Waals surface area contributed by atoms with Gasteiger partial charge in [-0.2, -0.15) is 0 Å². The first kappa shape index (κ1) is 15.9. The SMILES string of the molecule is COC(=O)c1ccc(COc2ccc(CO)cc2OC)cc1. The highest BCUT2D eigenvalue weighted by molar-refractivity contribution is 5.89. The molecule has 0 aliphatic carbocycles. The summed E-state index contributed by atoms with van der Waals surface area (Å²) in [5, 5.41) is 9.11. The molecule has 2 rings (SSSR count). The third kappa shape index (κ3) is 3.77. The van der Waals surface area contributed by atoms with Gasteiger partial charge in [0.15, 0.2) is 11.5 Å². The Balaban J connectivity index is 2.05. The quantitative estimate of drug-likeness (QED) is 0.831. The zero-order chi connectivity index (χ0) is 15.9. The molecule has 0 aromatic heterocycles. The highest BCUT2D eigenvalue weighted by Crippen LogP contribution is 2.28. The normalized spacial score (nSPS) is 10.1. The van der Waals surface area contributed by atoms with Crippen molar-refractivity contribution in [3.63, 3.8) is 0 Å². The van der Waals surface area contributed by atoms with E-state index < -0.39 is 0 Å². The summed E-state index contributed by atoms with van der Waals surface area (Å²) in [5.41, 5.74) is 2.17. The van der Waals surface area contributed by atoms with Crippen LogP contribution in [0.1, 0.15) is 21.5 Å². The van der Waals surface area contributed by atoms with Gasteiger partial charge in [0.25, 0.3) is 0 Å². The van der Waals surface area contributed by atoms with E-state index in [1.165, 1.54) is 7.11 Å². The van der Waals surface area contributed by atoms with Crippen molar-refractivity contribution < 1.29 is 24.1 Å². The average Bonchev–Trinajstić information content (AvgIpc) is 2.59. The van der Waals surface area contributed by atoms with Gasteiger partial charge in [0.1, 0.15) is 6.61 Å². The largest absolute Gasteiger partial charge is 0.493 e. The molecule has 0 heterocycles. The number of esters is 1. The van der Waals surface area contributed by atoms with E-state index in [9.17, 15) is 4.79 Å². The third-order valence-corrected chi connectivity index (χ3v) is 3.18. The molecule has 0 amide bonds. The lowest BCUT2D eigenvalue weighted by Gasteiger charge is -2.12. The van der Waals surface area contributed by atoms with Crippen LogP contribution in [0, 0.1) is 0 Å². The Morgan fingerprint density at radius 2 is 1.68 bits per heavy atom. The molecule has 0 spiro atoms. The van der Waals surface area contributed by atoms with E-state index in [0.29, 0.717) is 23.7 Å². The lowest BCUT2D eigenvalue weighted by atomic mass is 10.1. The maximum Gasteiger partial charge on any atom is 0.337 e. The minimum atomic E-state index is -0.367. The fourth-order valence-electron chi connectivity index (χ4n) is 1.95. The van der Waals surface area contributed by atoms with Crippen LogP contribution in [0.15, 0.2) is 42.5 Å². The standard InChI is InChI=1S/C17H18O5/c1-20-16-9-13(10-18)5-8-15(16)22-11-12-3-6-14(7-4-12)17(19)21-2/h3-9,18H,10-11H2,1-2H3. The van der Waals surface area contributed by atoms with Crippen molar-refractivity contribution >= 4 is 5.97 Å². The molecule has 5 nitrogen and oxygen atoms in total. The Bertz CT molecular complexity index is 634. The van der Waals surface area contributed by atoms with E-state index in [2.05, 4.69) is 4.74 Å². The first-order valence-electron chi connectivity index (χ1n) is 6.75. The molecule has 0 fully saturated rings. The van der Waals surface area contributed by atoms with Crippen LogP contribution in [0.4, 0.5) is 0 Å². The number of benzene rings is 2. The molecule has 5 heteroatoms. The van der Waals surface area contributed by atoms with Crippen molar-refractivity contribution in [1.29, 1.82) is 0 Å².